The third-order valence-electron chi connectivity index (χ3n) is 5.02. The number of nitrogens with two attached hydrogens (primary N) is 2. The van der Waals surface area contributed by atoms with E-state index < -0.39 is 66.3 Å². The maximum Gasteiger partial charge on any atom is 0.326 e. The van der Waals surface area contributed by atoms with Gasteiger partial charge >= 0.3 is 5.97 Å². The Balaban J connectivity index is 3.11. The van der Waals surface area contributed by atoms with Gasteiger partial charge in [-0.15, -0.1) is 0 Å². The number of aliphatic carboxylic acids is 1. The molecule has 188 valence electrons. The zero-order valence-electron chi connectivity index (χ0n) is 19.4. The van der Waals surface area contributed by atoms with Crippen LogP contribution in [0.15, 0.2) is 30.3 Å². The molecule has 34 heavy (non-hydrogen) atoms. The minimum absolute atomic E-state index is 0.0344. The molecule has 0 aliphatic rings. The maximum absolute atomic E-state index is 12.9. The van der Waals surface area contributed by atoms with E-state index in [0.717, 1.165) is 0 Å². The highest BCUT2D eigenvalue weighted by molar-refractivity contribution is 5.95. The van der Waals surface area contributed by atoms with Crippen molar-refractivity contribution < 1.29 is 34.2 Å². The molecule has 1 aromatic carbocycles. The second-order valence-electron chi connectivity index (χ2n) is 8.32. The number of nitrogens with one attached hydrogen (secondary N) is 3. The molecule has 0 radical (unpaired) electrons. The molecule has 12 nitrogen and oxygen atoms in total. The number of aliphatic hydroxyl groups excluding tert-OH is 1. The number of rotatable bonds is 13. The Morgan fingerprint density at radius 2 is 1.44 bits per heavy atom. The minimum atomic E-state index is -1.60. The number of primary amides is 1. The number of carbonyl (C=O) groups excluding carboxylic acids is 4. The highest BCUT2D eigenvalue weighted by atomic mass is 16.4. The van der Waals surface area contributed by atoms with Crippen molar-refractivity contribution in [2.45, 2.75) is 63.9 Å². The molecule has 0 aliphatic heterocycles. The zero-order valence-corrected chi connectivity index (χ0v) is 19.4. The predicted molar refractivity (Wildman–Crippen MR) is 122 cm³/mol. The minimum Gasteiger partial charge on any atom is -0.480 e. The second kappa shape index (κ2) is 13.3. The van der Waals surface area contributed by atoms with Gasteiger partial charge in [-0.1, -0.05) is 44.2 Å². The van der Waals surface area contributed by atoms with Gasteiger partial charge in [-0.3, -0.25) is 19.2 Å². The summed E-state index contributed by atoms with van der Waals surface area (Å²) in [5.41, 5.74) is 11.5. The van der Waals surface area contributed by atoms with E-state index in [1.54, 1.807) is 44.2 Å². The van der Waals surface area contributed by atoms with Crippen molar-refractivity contribution in [1.82, 2.24) is 16.0 Å². The van der Waals surface area contributed by atoms with Gasteiger partial charge in [0.05, 0.1) is 18.6 Å². The van der Waals surface area contributed by atoms with Crippen LogP contribution in [-0.4, -0.2) is 70.1 Å². The van der Waals surface area contributed by atoms with Crippen LogP contribution in [0.25, 0.3) is 0 Å². The summed E-state index contributed by atoms with van der Waals surface area (Å²) in [6.07, 6.45) is -2.01. The van der Waals surface area contributed by atoms with Crippen LogP contribution >= 0.6 is 0 Å². The second-order valence-corrected chi connectivity index (χ2v) is 8.32. The standard InChI is InChI=1S/C22H33N5O7/c1-11(2)17(24)20(31)27-18(12(3)28)21(32)25-14(9-13-7-5-4-6-8-13)19(30)26-15(22(33)34)10-16(23)29/h4-8,11-12,14-15,17-18,28H,9-10,24H2,1-3H3,(H2,23,29)(H,25,32)(H,26,30)(H,27,31)(H,33,34). The first-order valence-electron chi connectivity index (χ1n) is 10.7. The molecule has 0 aromatic heterocycles. The van der Waals surface area contributed by atoms with E-state index in [4.69, 9.17) is 11.5 Å². The van der Waals surface area contributed by atoms with Crippen LogP contribution < -0.4 is 27.4 Å². The van der Waals surface area contributed by atoms with Crippen molar-refractivity contribution >= 4 is 29.6 Å². The molecule has 9 N–H and O–H groups in total. The molecule has 0 heterocycles. The summed E-state index contributed by atoms with van der Waals surface area (Å²) in [4.78, 5) is 60.7. The Morgan fingerprint density at radius 1 is 0.882 bits per heavy atom. The Labute approximate surface area is 197 Å². The van der Waals surface area contributed by atoms with Crippen LogP contribution in [0, 0.1) is 5.92 Å². The third kappa shape index (κ3) is 9.16. The molecule has 0 fully saturated rings. The van der Waals surface area contributed by atoms with Crippen molar-refractivity contribution in [1.29, 1.82) is 0 Å². The summed E-state index contributed by atoms with van der Waals surface area (Å²) in [6.45, 7) is 4.71. The smallest absolute Gasteiger partial charge is 0.326 e. The lowest BCUT2D eigenvalue weighted by atomic mass is 10.0. The van der Waals surface area contributed by atoms with Crippen molar-refractivity contribution in [3.05, 3.63) is 35.9 Å². The van der Waals surface area contributed by atoms with Gasteiger partial charge in [-0.05, 0) is 18.4 Å². The largest absolute Gasteiger partial charge is 0.480 e. The van der Waals surface area contributed by atoms with Crippen LogP contribution in [0.3, 0.4) is 0 Å². The van der Waals surface area contributed by atoms with Crippen LogP contribution in [0.1, 0.15) is 32.8 Å². The molecule has 5 atom stereocenters. The molecule has 4 amide bonds. The van der Waals surface area contributed by atoms with Crippen LogP contribution in [-0.2, 0) is 30.4 Å². The van der Waals surface area contributed by atoms with Gasteiger partial charge in [0, 0.05) is 6.42 Å². The topological polar surface area (TPSA) is 214 Å². The average Bonchev–Trinajstić information content (AvgIpc) is 2.75. The first-order chi connectivity index (χ1) is 15.8. The van der Waals surface area contributed by atoms with Gasteiger partial charge in [0.2, 0.25) is 23.6 Å². The summed E-state index contributed by atoms with van der Waals surface area (Å²) in [5, 5.41) is 26.4. The van der Waals surface area contributed by atoms with Crippen molar-refractivity contribution in [3.63, 3.8) is 0 Å². The molecular weight excluding hydrogens is 446 g/mol. The lowest BCUT2D eigenvalue weighted by Crippen LogP contribution is -2.60. The van der Waals surface area contributed by atoms with Crippen LogP contribution in [0.4, 0.5) is 0 Å². The van der Waals surface area contributed by atoms with Crippen molar-refractivity contribution in [2.24, 2.45) is 17.4 Å². The van der Waals surface area contributed by atoms with Gasteiger partial charge in [0.1, 0.15) is 18.1 Å². The molecule has 1 aromatic rings. The Kier molecular flexibility index (Phi) is 11.1. The summed E-state index contributed by atoms with van der Waals surface area (Å²) >= 11 is 0. The van der Waals surface area contributed by atoms with Crippen molar-refractivity contribution in [3.8, 4) is 0 Å². The fraction of sp³-hybridized carbons (Fsp3) is 0.500. The normalized spacial score (nSPS) is 15.4. The molecule has 1 rings (SSSR count). The van der Waals surface area contributed by atoms with E-state index in [9.17, 15) is 34.2 Å². The molecule has 0 spiro atoms. The average molecular weight is 480 g/mol. The number of benzene rings is 1. The Hall–Kier alpha value is -3.51. The SMILES string of the molecule is CC(C)C(N)C(=O)NC(C(=O)NC(Cc1ccccc1)C(=O)NC(CC(N)=O)C(=O)O)C(C)O. The number of amides is 4. The Morgan fingerprint density at radius 3 is 1.91 bits per heavy atom. The van der Waals surface area contributed by atoms with Gasteiger partial charge in [-0.25, -0.2) is 4.79 Å². The van der Waals surface area contributed by atoms with Crippen molar-refractivity contribution in [2.75, 3.05) is 0 Å². The van der Waals surface area contributed by atoms with E-state index in [1.165, 1.54) is 6.92 Å². The van der Waals surface area contributed by atoms with Gasteiger partial charge in [0.25, 0.3) is 0 Å². The van der Waals surface area contributed by atoms with Gasteiger partial charge in [-0.2, -0.15) is 0 Å². The molecule has 5 unspecified atom stereocenters. The first kappa shape index (κ1) is 28.5. The summed E-state index contributed by atoms with van der Waals surface area (Å²) in [6, 6.07) is 3.32. The molecule has 0 bridgehead atoms. The highest BCUT2D eigenvalue weighted by Crippen LogP contribution is 2.07. The van der Waals surface area contributed by atoms with E-state index in [-0.39, 0.29) is 12.3 Å². The number of hydrogen-bond acceptors (Lipinski definition) is 7. The fourth-order valence-corrected chi connectivity index (χ4v) is 2.95. The summed E-state index contributed by atoms with van der Waals surface area (Å²) < 4.78 is 0. The number of carbonyl (C=O) groups is 5. The lowest BCUT2D eigenvalue weighted by Gasteiger charge is -2.27. The molecule has 0 saturated carbocycles. The number of hydrogen-bond donors (Lipinski definition) is 7. The summed E-state index contributed by atoms with van der Waals surface area (Å²) in [5.74, 6) is -5.07. The fourth-order valence-electron chi connectivity index (χ4n) is 2.95. The van der Waals surface area contributed by atoms with Crippen LogP contribution in [0.5, 0.6) is 0 Å². The first-order valence-corrected chi connectivity index (χ1v) is 10.7. The Bertz CT molecular complexity index is 876. The molecule has 12 heteroatoms. The predicted octanol–water partition coefficient (Wildman–Crippen LogP) is -1.99. The van der Waals surface area contributed by atoms with Gasteiger partial charge in [0.15, 0.2) is 0 Å². The molecule has 0 saturated heterocycles. The number of carboxylic acids is 1. The zero-order chi connectivity index (χ0) is 26.0. The number of carboxylic acid groups (broad SMARTS) is 1. The van der Waals surface area contributed by atoms with E-state index in [1.807, 2.05) is 0 Å². The lowest BCUT2D eigenvalue weighted by molar-refractivity contribution is -0.143. The molecular formula is C22H33N5O7. The monoisotopic (exact) mass is 479 g/mol. The number of aliphatic hydroxyl groups is 1. The van der Waals surface area contributed by atoms with E-state index in [2.05, 4.69) is 16.0 Å². The van der Waals surface area contributed by atoms with E-state index in [0.29, 0.717) is 5.56 Å². The van der Waals surface area contributed by atoms with Crippen LogP contribution in [0.2, 0.25) is 0 Å². The highest BCUT2D eigenvalue weighted by Gasteiger charge is 2.33. The maximum atomic E-state index is 12.9. The van der Waals surface area contributed by atoms with Gasteiger partial charge < -0.3 is 37.6 Å². The molecule has 0 aliphatic carbocycles. The van der Waals surface area contributed by atoms with E-state index >= 15 is 0 Å². The third-order valence-corrected chi connectivity index (χ3v) is 5.02. The summed E-state index contributed by atoms with van der Waals surface area (Å²) in [7, 11) is 0. The quantitative estimate of drug-likeness (QED) is 0.168.